The van der Waals surface area contributed by atoms with E-state index in [0.29, 0.717) is 80.4 Å². The third-order valence-electron chi connectivity index (χ3n) is 12.1. The molecule has 0 aliphatic carbocycles. The van der Waals surface area contributed by atoms with Gasteiger partial charge in [-0.2, -0.15) is 0 Å². The molecule has 0 bridgehead atoms. The Labute approximate surface area is 373 Å². The van der Waals surface area contributed by atoms with Crippen LogP contribution in [0.15, 0.2) is 60.0 Å². The zero-order chi connectivity index (χ0) is 44.3. The highest BCUT2D eigenvalue weighted by Crippen LogP contribution is 2.40. The second-order valence-corrected chi connectivity index (χ2v) is 17.9. The van der Waals surface area contributed by atoms with Crippen LogP contribution in [0.1, 0.15) is 96.0 Å². The van der Waals surface area contributed by atoms with Crippen molar-refractivity contribution >= 4 is 34.7 Å². The largest absolute Gasteiger partial charge is 0.506 e. The van der Waals surface area contributed by atoms with Gasteiger partial charge in [-0.3, -0.25) is 19.3 Å². The number of aryl methyl sites for hydroxylation is 1. The summed E-state index contributed by atoms with van der Waals surface area (Å²) in [4.78, 5) is 49.3. The lowest BCUT2D eigenvalue weighted by atomic mass is 9.89. The van der Waals surface area contributed by atoms with Crippen LogP contribution in [-0.4, -0.2) is 114 Å². The number of thiazole rings is 1. The van der Waals surface area contributed by atoms with Crippen LogP contribution >= 0.6 is 11.3 Å². The molecule has 4 aromatic rings. The van der Waals surface area contributed by atoms with E-state index in [1.807, 2.05) is 57.6 Å². The summed E-state index contributed by atoms with van der Waals surface area (Å²) in [6.45, 7) is 9.12. The maximum Gasteiger partial charge on any atom is 0.273 e. The molecule has 63 heavy (non-hydrogen) atoms. The van der Waals surface area contributed by atoms with Crippen molar-refractivity contribution in [2.24, 2.45) is 0 Å². The Morgan fingerprint density at radius 3 is 2.62 bits per heavy atom. The number of benzene rings is 3. The van der Waals surface area contributed by atoms with E-state index < -0.39 is 5.60 Å². The normalized spacial score (nSPS) is 16.1. The van der Waals surface area contributed by atoms with Crippen LogP contribution in [0.4, 0.5) is 10.1 Å². The van der Waals surface area contributed by atoms with Gasteiger partial charge in [0.2, 0.25) is 5.91 Å². The highest BCUT2D eigenvalue weighted by atomic mass is 32.1. The zero-order valence-electron chi connectivity index (χ0n) is 36.7. The maximum absolute atomic E-state index is 15.9. The number of nitrogens with one attached hydrogen (secondary N) is 1. The molecule has 0 unspecified atom stereocenters. The van der Waals surface area contributed by atoms with Crippen LogP contribution in [0, 0.1) is 5.82 Å². The van der Waals surface area contributed by atoms with Crippen molar-refractivity contribution < 1.29 is 42.8 Å². The highest BCUT2D eigenvalue weighted by Gasteiger charge is 2.41. The number of amides is 3. The number of aromatic nitrogens is 1. The number of ether oxygens (including phenoxy) is 4. The second-order valence-electron chi connectivity index (χ2n) is 17.0. The Morgan fingerprint density at radius 1 is 1.02 bits per heavy atom. The number of phenols is 1. The van der Waals surface area contributed by atoms with Crippen molar-refractivity contribution in [3.8, 4) is 17.2 Å². The first kappa shape index (κ1) is 45.9. The minimum Gasteiger partial charge on any atom is -0.506 e. The van der Waals surface area contributed by atoms with E-state index in [1.165, 1.54) is 11.3 Å². The molecule has 0 saturated carbocycles. The van der Waals surface area contributed by atoms with Crippen LogP contribution in [0.3, 0.4) is 0 Å². The quantitative estimate of drug-likeness (QED) is 0.0725. The third-order valence-corrected chi connectivity index (χ3v) is 13.3. The molecule has 0 radical (unpaired) electrons. The van der Waals surface area contributed by atoms with Gasteiger partial charge in [-0.05, 0) is 73.4 Å². The lowest BCUT2D eigenvalue weighted by Gasteiger charge is -2.47. The first-order valence-electron chi connectivity index (χ1n) is 22.1. The Bertz CT molecular complexity index is 2210. The summed E-state index contributed by atoms with van der Waals surface area (Å²) < 4.78 is 39.2. The van der Waals surface area contributed by atoms with Crippen molar-refractivity contribution in [1.29, 1.82) is 0 Å². The summed E-state index contributed by atoms with van der Waals surface area (Å²) in [5.74, 6) is 0.912. The molecule has 2 fully saturated rings. The fourth-order valence-corrected chi connectivity index (χ4v) is 9.34. The van der Waals surface area contributed by atoms with Gasteiger partial charge < -0.3 is 39.2 Å². The van der Waals surface area contributed by atoms with Gasteiger partial charge in [0.15, 0.2) is 12.4 Å². The summed E-state index contributed by atoms with van der Waals surface area (Å²) in [7, 11) is 1.62. The van der Waals surface area contributed by atoms with Gasteiger partial charge >= 0.3 is 0 Å². The number of fused-ring (bicyclic) bond motifs is 1. The minimum absolute atomic E-state index is 0.0235. The Morgan fingerprint density at radius 2 is 1.83 bits per heavy atom. The number of aromatic hydroxyl groups is 1. The molecule has 3 amide bonds. The topological polar surface area (TPSA) is 143 Å². The molecule has 7 rings (SSSR count). The number of unbranched alkanes of at least 4 members (excludes halogenated alkanes) is 2. The Hall–Kier alpha value is -5.09. The van der Waals surface area contributed by atoms with Gasteiger partial charge in [0.1, 0.15) is 28.7 Å². The molecule has 4 heterocycles. The van der Waals surface area contributed by atoms with Gasteiger partial charge in [0.05, 0.1) is 50.5 Å². The van der Waals surface area contributed by atoms with Crippen LogP contribution in [0.5, 0.6) is 17.2 Å². The van der Waals surface area contributed by atoms with Crippen molar-refractivity contribution in [2.45, 2.75) is 89.8 Å². The zero-order valence-corrected chi connectivity index (χ0v) is 37.5. The maximum atomic E-state index is 15.9. The number of hydrogen-bond acceptors (Lipinski definition) is 11. The fourth-order valence-electron chi connectivity index (χ4n) is 8.53. The van der Waals surface area contributed by atoms with Gasteiger partial charge in [-0.25, -0.2) is 9.37 Å². The SMILES string of the molecule is COc1cccc(CN(CCCCCc2ccc(O)c3c2OCC(=O)N3)C(=O)CCOCCc2cccc(CN3CCC4(CC3)CN(C(=O)c3csc(C(C)C)n3)CCO4)c2F)c1. The molecule has 0 atom stereocenters. The molecule has 2 saturated heterocycles. The van der Waals surface area contributed by atoms with E-state index in [4.69, 9.17) is 18.9 Å². The van der Waals surface area contributed by atoms with Gasteiger partial charge in [-0.15, -0.1) is 11.3 Å². The van der Waals surface area contributed by atoms with E-state index in [2.05, 4.69) is 29.0 Å². The number of carbonyl (C=O) groups excluding carboxylic acids is 3. The Balaban J connectivity index is 0.852. The number of piperidine rings is 1. The summed E-state index contributed by atoms with van der Waals surface area (Å²) in [5, 5.41) is 15.7. The van der Waals surface area contributed by atoms with Gasteiger partial charge in [0, 0.05) is 56.1 Å². The van der Waals surface area contributed by atoms with Crippen molar-refractivity contribution in [3.63, 3.8) is 0 Å². The average molecular weight is 886 g/mol. The molecule has 2 N–H and O–H groups in total. The number of methoxy groups -OCH3 is 1. The number of anilines is 1. The number of halogens is 1. The van der Waals surface area contributed by atoms with Crippen molar-refractivity contribution in [3.05, 3.63) is 98.7 Å². The van der Waals surface area contributed by atoms with Gasteiger partial charge in [-0.1, -0.05) is 56.7 Å². The molecular weight excluding hydrogens is 826 g/mol. The standard InChI is InChI=1S/C48H60FN5O8S/c1-33(2)46-50-39(31-63-46)47(58)54-23-26-62-48(32-54)18-21-52(22-19-48)29-37-12-8-11-35(43(37)49)16-24-60-25-17-42(57)53(28-34-9-7-13-38(27-34)59-3)20-6-4-5-10-36-14-15-40(55)44-45(36)61-30-41(56)51-44/h7-9,11-15,27,31,33,55H,4-6,10,16-26,28-30,32H2,1-3H3,(H,51,56). The summed E-state index contributed by atoms with van der Waals surface area (Å²) in [6, 6.07) is 16.6. The molecule has 3 aromatic carbocycles. The van der Waals surface area contributed by atoms with E-state index in [9.17, 15) is 19.5 Å². The van der Waals surface area contributed by atoms with E-state index in [1.54, 1.807) is 19.2 Å². The number of morpholine rings is 1. The highest BCUT2D eigenvalue weighted by molar-refractivity contribution is 7.09. The van der Waals surface area contributed by atoms with E-state index >= 15 is 4.39 Å². The van der Waals surface area contributed by atoms with Crippen LogP contribution in [-0.2, 0) is 45.0 Å². The molecule has 13 nitrogen and oxygen atoms in total. The molecule has 3 aliphatic rings. The molecule has 1 spiro atoms. The minimum atomic E-state index is -0.402. The fraction of sp³-hybridized carbons (Fsp3) is 0.500. The monoisotopic (exact) mass is 885 g/mol. The smallest absolute Gasteiger partial charge is 0.273 e. The predicted molar refractivity (Wildman–Crippen MR) is 239 cm³/mol. The predicted octanol–water partition coefficient (Wildman–Crippen LogP) is 7.35. The van der Waals surface area contributed by atoms with Gasteiger partial charge in [0.25, 0.3) is 11.8 Å². The molecular formula is C48H60FN5O8S. The lowest BCUT2D eigenvalue weighted by Crippen LogP contribution is -2.58. The molecule has 1 aromatic heterocycles. The number of likely N-dealkylation sites (tertiary alicyclic amines) is 1. The number of phenolic OH excluding ortho intramolecular Hbond substituents is 1. The number of rotatable bonds is 19. The third kappa shape index (κ3) is 11.9. The van der Waals surface area contributed by atoms with E-state index in [0.717, 1.165) is 67.1 Å². The van der Waals surface area contributed by atoms with Crippen LogP contribution in [0.2, 0.25) is 0 Å². The summed E-state index contributed by atoms with van der Waals surface area (Å²) in [5.41, 5.74) is 3.53. The van der Waals surface area contributed by atoms with E-state index in [-0.39, 0.29) is 61.4 Å². The first-order valence-corrected chi connectivity index (χ1v) is 23.0. The molecule has 15 heteroatoms. The molecule has 3 aliphatic heterocycles. The second kappa shape index (κ2) is 21.5. The first-order chi connectivity index (χ1) is 30.5. The lowest BCUT2D eigenvalue weighted by molar-refractivity contribution is -0.133. The summed E-state index contributed by atoms with van der Waals surface area (Å²) >= 11 is 1.53. The number of hydrogen-bond donors (Lipinski definition) is 2. The molecule has 338 valence electrons. The number of carbonyl (C=O) groups is 3. The Kier molecular flexibility index (Phi) is 15.7. The van der Waals surface area contributed by atoms with Crippen molar-refractivity contribution in [1.82, 2.24) is 19.7 Å². The average Bonchev–Trinajstić information content (AvgIpc) is 3.79. The van der Waals surface area contributed by atoms with Crippen LogP contribution < -0.4 is 14.8 Å². The number of nitrogens with zero attached hydrogens (tertiary/aromatic N) is 4. The summed E-state index contributed by atoms with van der Waals surface area (Å²) in [6.07, 6.45) is 5.28. The van der Waals surface area contributed by atoms with Crippen LogP contribution in [0.25, 0.3) is 0 Å². The van der Waals surface area contributed by atoms with Crippen molar-refractivity contribution in [2.75, 3.05) is 71.6 Å².